The topological polar surface area (TPSA) is 24.9 Å². The molecule has 0 fully saturated rings. The second-order valence-electron chi connectivity index (χ2n) is 6.45. The predicted octanol–water partition coefficient (Wildman–Crippen LogP) is 4.33. The van der Waals surface area contributed by atoms with Crippen molar-refractivity contribution in [3.8, 4) is 0 Å². The maximum Gasteiger partial charge on any atom is 0.141 e. The molecule has 1 aromatic heterocycles. The Bertz CT molecular complexity index is 385. The molecule has 0 aliphatic rings. The summed E-state index contributed by atoms with van der Waals surface area (Å²) >= 11 is 0. The van der Waals surface area contributed by atoms with Crippen molar-refractivity contribution in [2.75, 3.05) is 6.54 Å². The van der Waals surface area contributed by atoms with Crippen molar-refractivity contribution in [2.24, 2.45) is 11.3 Å². The molecular weight excluding hydrogens is 239 g/mol. The summed E-state index contributed by atoms with van der Waals surface area (Å²) in [7, 11) is 0. The molecule has 0 amide bonds. The fourth-order valence-electron chi connectivity index (χ4n) is 1.98. The Morgan fingerprint density at radius 3 is 2.53 bits per heavy atom. The van der Waals surface area contributed by atoms with Gasteiger partial charge in [0, 0.05) is 12.2 Å². The second kappa shape index (κ2) is 6.99. The summed E-state index contributed by atoms with van der Waals surface area (Å²) in [4.78, 5) is 3.97. The van der Waals surface area contributed by atoms with Gasteiger partial charge in [0.05, 0.1) is 6.20 Å². The van der Waals surface area contributed by atoms with Gasteiger partial charge in [-0.1, -0.05) is 34.6 Å². The molecular formula is C16H27FN2. The summed E-state index contributed by atoms with van der Waals surface area (Å²) in [6.07, 6.45) is 5.09. The number of hydrogen-bond acceptors (Lipinski definition) is 2. The van der Waals surface area contributed by atoms with Gasteiger partial charge < -0.3 is 5.32 Å². The summed E-state index contributed by atoms with van der Waals surface area (Å²) in [6, 6.07) is 1.77. The molecule has 0 spiro atoms. The van der Waals surface area contributed by atoms with Crippen LogP contribution in [0.5, 0.6) is 0 Å². The van der Waals surface area contributed by atoms with Crippen molar-refractivity contribution in [3.05, 3.63) is 29.8 Å². The number of aromatic nitrogens is 1. The summed E-state index contributed by atoms with van der Waals surface area (Å²) < 4.78 is 13.3. The highest BCUT2D eigenvalue weighted by Crippen LogP contribution is 2.33. The minimum absolute atomic E-state index is 0.178. The van der Waals surface area contributed by atoms with Crippen LogP contribution in [0.25, 0.3) is 0 Å². The van der Waals surface area contributed by atoms with Crippen LogP contribution < -0.4 is 5.32 Å². The van der Waals surface area contributed by atoms with Gasteiger partial charge in [0.1, 0.15) is 5.82 Å². The Kier molecular flexibility index (Phi) is 5.92. The van der Waals surface area contributed by atoms with E-state index in [0.29, 0.717) is 5.92 Å². The molecule has 2 nitrogen and oxygen atoms in total. The van der Waals surface area contributed by atoms with Gasteiger partial charge in [-0.15, -0.1) is 0 Å². The van der Waals surface area contributed by atoms with Crippen molar-refractivity contribution in [1.82, 2.24) is 10.3 Å². The van der Waals surface area contributed by atoms with Crippen LogP contribution in [-0.4, -0.2) is 11.5 Å². The van der Waals surface area contributed by atoms with E-state index in [1.807, 2.05) is 0 Å². The zero-order valence-corrected chi connectivity index (χ0v) is 12.8. The standard InChI is InChI=1S/C16H27FN2/c1-6-7-19-15(8-12(2)16(3,4)5)13-9-14(17)11-18-10-13/h9-12,15,19H,6-8H2,1-5H3. The van der Waals surface area contributed by atoms with Crippen LogP contribution in [0.15, 0.2) is 18.5 Å². The van der Waals surface area contributed by atoms with E-state index in [1.54, 1.807) is 12.3 Å². The van der Waals surface area contributed by atoms with Crippen molar-refractivity contribution < 1.29 is 4.39 Å². The van der Waals surface area contributed by atoms with Crippen molar-refractivity contribution in [2.45, 2.75) is 53.5 Å². The number of pyridine rings is 1. The molecule has 2 atom stereocenters. The first kappa shape index (κ1) is 16.1. The molecule has 0 saturated carbocycles. The lowest BCUT2D eigenvalue weighted by atomic mass is 9.77. The minimum atomic E-state index is -0.260. The monoisotopic (exact) mass is 266 g/mol. The van der Waals surface area contributed by atoms with E-state index in [-0.39, 0.29) is 17.3 Å². The van der Waals surface area contributed by atoms with E-state index in [4.69, 9.17) is 0 Å². The molecule has 1 aromatic rings. The average Bonchev–Trinajstić information content (AvgIpc) is 2.33. The van der Waals surface area contributed by atoms with E-state index in [0.717, 1.165) is 24.9 Å². The van der Waals surface area contributed by atoms with Crippen LogP contribution in [0.4, 0.5) is 4.39 Å². The Morgan fingerprint density at radius 1 is 1.32 bits per heavy atom. The Hall–Kier alpha value is -0.960. The lowest BCUT2D eigenvalue weighted by molar-refractivity contribution is 0.223. The summed E-state index contributed by atoms with van der Waals surface area (Å²) in [5.41, 5.74) is 1.21. The van der Waals surface area contributed by atoms with Gasteiger partial charge in [-0.25, -0.2) is 4.39 Å². The maximum atomic E-state index is 13.3. The van der Waals surface area contributed by atoms with Crippen LogP contribution in [0, 0.1) is 17.2 Å². The molecule has 108 valence electrons. The molecule has 19 heavy (non-hydrogen) atoms. The Labute approximate surface area is 116 Å². The first-order valence-corrected chi connectivity index (χ1v) is 7.18. The fourth-order valence-corrected chi connectivity index (χ4v) is 1.98. The number of halogens is 1. The zero-order chi connectivity index (χ0) is 14.5. The van der Waals surface area contributed by atoms with E-state index >= 15 is 0 Å². The van der Waals surface area contributed by atoms with E-state index in [9.17, 15) is 4.39 Å². The predicted molar refractivity (Wildman–Crippen MR) is 78.5 cm³/mol. The molecule has 3 heteroatoms. The molecule has 2 unspecified atom stereocenters. The molecule has 0 radical (unpaired) electrons. The Morgan fingerprint density at radius 2 is 2.00 bits per heavy atom. The van der Waals surface area contributed by atoms with Crippen LogP contribution in [-0.2, 0) is 0 Å². The van der Waals surface area contributed by atoms with Crippen molar-refractivity contribution >= 4 is 0 Å². The lowest BCUT2D eigenvalue weighted by Crippen LogP contribution is -2.28. The van der Waals surface area contributed by atoms with Gasteiger partial charge in [0.15, 0.2) is 0 Å². The SMILES string of the molecule is CCCNC(CC(C)C(C)(C)C)c1cncc(F)c1. The van der Waals surface area contributed by atoms with Gasteiger partial charge in [0.2, 0.25) is 0 Å². The van der Waals surface area contributed by atoms with E-state index in [2.05, 4.69) is 44.9 Å². The second-order valence-corrected chi connectivity index (χ2v) is 6.45. The number of hydrogen-bond donors (Lipinski definition) is 1. The summed E-state index contributed by atoms with van der Waals surface area (Å²) in [5.74, 6) is 0.286. The molecule has 1 heterocycles. The van der Waals surface area contributed by atoms with Gasteiger partial charge in [0.25, 0.3) is 0 Å². The quantitative estimate of drug-likeness (QED) is 0.828. The van der Waals surface area contributed by atoms with Gasteiger partial charge in [-0.05, 0) is 42.3 Å². The van der Waals surface area contributed by atoms with Crippen LogP contribution >= 0.6 is 0 Å². The molecule has 0 aliphatic carbocycles. The van der Waals surface area contributed by atoms with E-state index < -0.39 is 0 Å². The number of nitrogens with one attached hydrogen (secondary N) is 1. The fraction of sp³-hybridized carbons (Fsp3) is 0.688. The van der Waals surface area contributed by atoms with Gasteiger partial charge >= 0.3 is 0 Å². The number of rotatable bonds is 6. The van der Waals surface area contributed by atoms with Gasteiger partial charge in [-0.3, -0.25) is 4.98 Å². The third-order valence-electron chi connectivity index (χ3n) is 3.84. The summed E-state index contributed by atoms with van der Waals surface area (Å²) in [5, 5.41) is 3.51. The van der Waals surface area contributed by atoms with Crippen LogP contribution in [0.1, 0.15) is 59.1 Å². The van der Waals surface area contributed by atoms with Crippen LogP contribution in [0.2, 0.25) is 0 Å². The zero-order valence-electron chi connectivity index (χ0n) is 12.8. The highest BCUT2D eigenvalue weighted by Gasteiger charge is 2.24. The molecule has 1 N–H and O–H groups in total. The third-order valence-corrected chi connectivity index (χ3v) is 3.84. The maximum absolute atomic E-state index is 13.3. The average molecular weight is 266 g/mol. The van der Waals surface area contributed by atoms with Crippen molar-refractivity contribution in [1.29, 1.82) is 0 Å². The molecule has 0 saturated heterocycles. The third kappa shape index (κ3) is 5.27. The number of nitrogens with zero attached hydrogens (tertiary/aromatic N) is 1. The van der Waals surface area contributed by atoms with Crippen molar-refractivity contribution in [3.63, 3.8) is 0 Å². The normalized spacial score (nSPS) is 15.3. The highest BCUT2D eigenvalue weighted by atomic mass is 19.1. The largest absolute Gasteiger partial charge is 0.310 e. The highest BCUT2D eigenvalue weighted by molar-refractivity contribution is 5.15. The molecule has 0 aromatic carbocycles. The summed E-state index contributed by atoms with van der Waals surface area (Å²) in [6.45, 7) is 12.1. The first-order chi connectivity index (χ1) is 8.84. The smallest absolute Gasteiger partial charge is 0.141 e. The Balaban J connectivity index is 2.83. The van der Waals surface area contributed by atoms with Gasteiger partial charge in [-0.2, -0.15) is 0 Å². The first-order valence-electron chi connectivity index (χ1n) is 7.18. The molecule has 0 bridgehead atoms. The van der Waals surface area contributed by atoms with E-state index in [1.165, 1.54) is 6.20 Å². The molecule has 0 aliphatic heterocycles. The van der Waals surface area contributed by atoms with Crippen LogP contribution in [0.3, 0.4) is 0 Å². The minimum Gasteiger partial charge on any atom is -0.310 e. The lowest BCUT2D eigenvalue weighted by Gasteiger charge is -2.31. The molecule has 1 rings (SSSR count).